The van der Waals surface area contributed by atoms with Gasteiger partial charge in [-0.15, -0.1) is 0 Å². The maximum absolute atomic E-state index is 14.0. The molecule has 0 aliphatic carbocycles. The molecule has 0 saturated carbocycles. The van der Waals surface area contributed by atoms with Crippen LogP contribution in [-0.2, 0) is 4.79 Å². The summed E-state index contributed by atoms with van der Waals surface area (Å²) in [5.74, 6) is -2.72. The van der Waals surface area contributed by atoms with E-state index in [9.17, 15) is 18.4 Å². The van der Waals surface area contributed by atoms with Gasteiger partial charge in [-0.25, -0.2) is 8.78 Å². The first-order valence-electron chi connectivity index (χ1n) is 6.35. The van der Waals surface area contributed by atoms with Crippen LogP contribution in [0.25, 0.3) is 0 Å². The molecular weight excluding hydrogens is 280 g/mol. The Hall–Kier alpha value is -2.50. The first-order chi connectivity index (χ1) is 9.95. The van der Waals surface area contributed by atoms with E-state index in [1.807, 2.05) is 0 Å². The highest BCUT2D eigenvalue weighted by Crippen LogP contribution is 2.37. The summed E-state index contributed by atoms with van der Waals surface area (Å²) in [5.41, 5.74) is 0.382. The van der Waals surface area contributed by atoms with Crippen molar-refractivity contribution in [3.8, 4) is 5.75 Å². The molecule has 2 heterocycles. The van der Waals surface area contributed by atoms with Gasteiger partial charge in [-0.05, 0) is 18.6 Å². The Morgan fingerprint density at radius 1 is 1.24 bits per heavy atom. The van der Waals surface area contributed by atoms with Crippen LogP contribution in [-0.4, -0.2) is 11.0 Å². The number of aromatic amines is 1. The Morgan fingerprint density at radius 2 is 2.00 bits per heavy atom. The largest absolute Gasteiger partial charge is 0.426 e. The van der Waals surface area contributed by atoms with Crippen LogP contribution in [0.5, 0.6) is 5.75 Å². The van der Waals surface area contributed by atoms with E-state index in [1.54, 1.807) is 6.92 Å². The molecule has 1 aliphatic rings. The summed E-state index contributed by atoms with van der Waals surface area (Å²) in [5, 5.41) is 0. The summed E-state index contributed by atoms with van der Waals surface area (Å²) < 4.78 is 32.0. The number of pyridine rings is 1. The maximum Gasteiger partial charge on any atom is 0.312 e. The third kappa shape index (κ3) is 2.33. The van der Waals surface area contributed by atoms with E-state index < -0.39 is 29.1 Å². The average molecular weight is 291 g/mol. The van der Waals surface area contributed by atoms with E-state index in [1.165, 1.54) is 12.1 Å². The topological polar surface area (TPSA) is 59.2 Å². The second-order valence-electron chi connectivity index (χ2n) is 4.96. The highest BCUT2D eigenvalue weighted by atomic mass is 19.1. The molecule has 1 N–H and O–H groups in total. The van der Waals surface area contributed by atoms with Crippen LogP contribution in [0.4, 0.5) is 8.78 Å². The molecule has 4 nitrogen and oxygen atoms in total. The van der Waals surface area contributed by atoms with Crippen LogP contribution in [0.2, 0.25) is 0 Å². The van der Waals surface area contributed by atoms with Crippen molar-refractivity contribution in [2.45, 2.75) is 19.3 Å². The van der Waals surface area contributed by atoms with Crippen molar-refractivity contribution in [2.75, 3.05) is 0 Å². The molecule has 1 aliphatic heterocycles. The van der Waals surface area contributed by atoms with Gasteiger partial charge in [-0.3, -0.25) is 9.59 Å². The molecule has 0 fully saturated rings. The second kappa shape index (κ2) is 4.80. The quantitative estimate of drug-likeness (QED) is 0.821. The Bertz CT molecular complexity index is 798. The minimum atomic E-state index is -0.791. The summed E-state index contributed by atoms with van der Waals surface area (Å²) >= 11 is 0. The first-order valence-corrected chi connectivity index (χ1v) is 6.35. The van der Waals surface area contributed by atoms with Crippen LogP contribution in [0, 0.1) is 18.6 Å². The number of benzene rings is 1. The van der Waals surface area contributed by atoms with E-state index in [-0.39, 0.29) is 23.3 Å². The van der Waals surface area contributed by atoms with Gasteiger partial charge in [0.25, 0.3) is 5.56 Å². The summed E-state index contributed by atoms with van der Waals surface area (Å²) in [4.78, 5) is 26.4. The molecule has 0 saturated heterocycles. The van der Waals surface area contributed by atoms with Gasteiger partial charge in [0.1, 0.15) is 17.4 Å². The minimum absolute atomic E-state index is 0.101. The zero-order valence-electron chi connectivity index (χ0n) is 11.1. The Balaban J connectivity index is 2.22. The van der Waals surface area contributed by atoms with Crippen LogP contribution in [0.15, 0.2) is 29.1 Å². The van der Waals surface area contributed by atoms with Gasteiger partial charge in [-0.2, -0.15) is 0 Å². The standard InChI is InChI=1S/C15H11F2NO3/c1-7-4-12-14(15(20)18-7)10(6-13(19)21-12)9-3-2-8(16)5-11(9)17/h2-5,10H,6H2,1H3,(H,18,20)/t10-/m0/s1. The predicted molar refractivity (Wildman–Crippen MR) is 70.3 cm³/mol. The number of fused-ring (bicyclic) bond motifs is 1. The molecule has 0 spiro atoms. The van der Waals surface area contributed by atoms with Gasteiger partial charge >= 0.3 is 5.97 Å². The second-order valence-corrected chi connectivity index (χ2v) is 4.96. The van der Waals surface area contributed by atoms with Crippen LogP contribution < -0.4 is 10.3 Å². The van der Waals surface area contributed by atoms with Crippen molar-refractivity contribution >= 4 is 5.97 Å². The number of hydrogen-bond donors (Lipinski definition) is 1. The SMILES string of the molecule is Cc1cc2c(c(=O)[nH]1)[C@H](c1ccc(F)cc1F)CC(=O)O2. The molecule has 6 heteroatoms. The highest BCUT2D eigenvalue weighted by Gasteiger charge is 2.33. The third-order valence-corrected chi connectivity index (χ3v) is 3.45. The Kier molecular flexibility index (Phi) is 3.08. The van der Waals surface area contributed by atoms with Crippen LogP contribution >= 0.6 is 0 Å². The van der Waals surface area contributed by atoms with Crippen molar-refractivity contribution in [2.24, 2.45) is 0 Å². The number of halogens is 2. The summed E-state index contributed by atoms with van der Waals surface area (Å²) in [6.07, 6.45) is -0.165. The average Bonchev–Trinajstić information content (AvgIpc) is 2.36. The minimum Gasteiger partial charge on any atom is -0.426 e. The normalized spacial score (nSPS) is 17.3. The van der Waals surface area contributed by atoms with Crippen molar-refractivity contribution in [3.63, 3.8) is 0 Å². The Labute approximate surface area is 118 Å². The third-order valence-electron chi connectivity index (χ3n) is 3.45. The van der Waals surface area contributed by atoms with Crippen molar-refractivity contribution in [1.82, 2.24) is 4.98 Å². The van der Waals surface area contributed by atoms with E-state index in [2.05, 4.69) is 4.98 Å². The number of aromatic nitrogens is 1. The fourth-order valence-corrected chi connectivity index (χ4v) is 2.57. The summed E-state index contributed by atoms with van der Waals surface area (Å²) in [7, 11) is 0. The molecule has 1 aromatic heterocycles. The lowest BCUT2D eigenvalue weighted by molar-refractivity contribution is -0.135. The summed E-state index contributed by atoms with van der Waals surface area (Å²) in [6, 6.07) is 4.59. The number of esters is 1. The predicted octanol–water partition coefficient (Wildman–Crippen LogP) is 2.40. The number of carbonyl (C=O) groups is 1. The molecule has 3 rings (SSSR count). The van der Waals surface area contributed by atoms with Gasteiger partial charge in [0.05, 0.1) is 12.0 Å². The molecule has 0 bridgehead atoms. The smallest absolute Gasteiger partial charge is 0.312 e. The monoisotopic (exact) mass is 291 g/mol. The number of H-pyrrole nitrogens is 1. The number of aryl methyl sites for hydroxylation is 1. The fourth-order valence-electron chi connectivity index (χ4n) is 2.57. The number of rotatable bonds is 1. The molecule has 0 radical (unpaired) electrons. The van der Waals surface area contributed by atoms with Gasteiger partial charge < -0.3 is 9.72 Å². The number of ether oxygens (including phenoxy) is 1. The lowest BCUT2D eigenvalue weighted by atomic mass is 9.86. The molecule has 1 atom stereocenters. The summed E-state index contributed by atoms with van der Waals surface area (Å²) in [6.45, 7) is 1.65. The lowest BCUT2D eigenvalue weighted by Crippen LogP contribution is -2.28. The van der Waals surface area contributed by atoms with E-state index >= 15 is 0 Å². The lowest BCUT2D eigenvalue weighted by Gasteiger charge is -2.24. The molecule has 21 heavy (non-hydrogen) atoms. The molecule has 0 unspecified atom stereocenters. The number of nitrogens with one attached hydrogen (secondary N) is 1. The van der Waals surface area contributed by atoms with Crippen molar-refractivity contribution in [1.29, 1.82) is 0 Å². The maximum atomic E-state index is 14.0. The van der Waals surface area contributed by atoms with Gasteiger partial charge in [0.15, 0.2) is 0 Å². The Morgan fingerprint density at radius 3 is 2.71 bits per heavy atom. The number of carbonyl (C=O) groups excluding carboxylic acids is 1. The van der Waals surface area contributed by atoms with Crippen LogP contribution in [0.3, 0.4) is 0 Å². The van der Waals surface area contributed by atoms with E-state index in [0.717, 1.165) is 12.1 Å². The zero-order valence-corrected chi connectivity index (χ0v) is 11.1. The molecule has 1 aromatic carbocycles. The first kappa shape index (κ1) is 13.5. The highest BCUT2D eigenvalue weighted by molar-refractivity contribution is 5.77. The molecule has 2 aromatic rings. The van der Waals surface area contributed by atoms with Gasteiger partial charge in [0, 0.05) is 23.7 Å². The van der Waals surface area contributed by atoms with Crippen molar-refractivity contribution in [3.05, 3.63) is 63.1 Å². The number of hydrogen-bond acceptors (Lipinski definition) is 3. The molecule has 108 valence electrons. The van der Waals surface area contributed by atoms with Crippen LogP contribution in [0.1, 0.15) is 29.2 Å². The van der Waals surface area contributed by atoms with Crippen molar-refractivity contribution < 1.29 is 18.3 Å². The van der Waals surface area contributed by atoms with E-state index in [4.69, 9.17) is 4.74 Å². The molecule has 0 amide bonds. The zero-order chi connectivity index (χ0) is 15.1. The van der Waals surface area contributed by atoms with Gasteiger partial charge in [0.2, 0.25) is 0 Å². The van der Waals surface area contributed by atoms with E-state index in [0.29, 0.717) is 5.69 Å². The van der Waals surface area contributed by atoms with Gasteiger partial charge in [-0.1, -0.05) is 6.07 Å². The molecular formula is C15H11F2NO3. The fraction of sp³-hybridized carbons (Fsp3) is 0.200.